The summed E-state index contributed by atoms with van der Waals surface area (Å²) in [6.07, 6.45) is 0. The summed E-state index contributed by atoms with van der Waals surface area (Å²) in [5, 5.41) is -1.54. The van der Waals surface area contributed by atoms with Crippen LogP contribution in [0.1, 0.15) is 13.8 Å². The number of esters is 1. The SMILES string of the molecule is CCOC(=O)C(N)S(=O)(=O)CC. The molecule has 6 heteroatoms. The van der Waals surface area contributed by atoms with Gasteiger partial charge in [-0.25, -0.2) is 13.2 Å². The topological polar surface area (TPSA) is 86.5 Å². The van der Waals surface area contributed by atoms with Gasteiger partial charge in [0.15, 0.2) is 9.84 Å². The highest BCUT2D eigenvalue weighted by Crippen LogP contribution is 1.98. The average Bonchev–Trinajstić information content (AvgIpc) is 2.03. The first-order valence-electron chi connectivity index (χ1n) is 3.59. The van der Waals surface area contributed by atoms with Crippen LogP contribution in [0.5, 0.6) is 0 Å². The molecule has 5 nitrogen and oxygen atoms in total. The van der Waals surface area contributed by atoms with Crippen LogP contribution in [0.4, 0.5) is 0 Å². The van der Waals surface area contributed by atoms with E-state index in [0.717, 1.165) is 0 Å². The lowest BCUT2D eigenvalue weighted by molar-refractivity contribution is -0.142. The minimum absolute atomic E-state index is 0.131. The van der Waals surface area contributed by atoms with Crippen molar-refractivity contribution in [2.75, 3.05) is 12.4 Å². The van der Waals surface area contributed by atoms with E-state index < -0.39 is 21.2 Å². The number of hydrogen-bond donors (Lipinski definition) is 1. The maximum atomic E-state index is 11.0. The molecule has 0 saturated heterocycles. The lowest BCUT2D eigenvalue weighted by Crippen LogP contribution is -2.40. The molecule has 1 atom stereocenters. The number of carbonyl (C=O) groups excluding carboxylic acids is 1. The molecule has 0 radical (unpaired) electrons. The van der Waals surface area contributed by atoms with Gasteiger partial charge < -0.3 is 10.5 Å². The zero-order valence-corrected chi connectivity index (χ0v) is 7.93. The predicted octanol–water partition coefficient (Wildman–Crippen LogP) is -0.731. The number of nitrogens with two attached hydrogens (primary N) is 1. The second kappa shape index (κ2) is 4.42. The van der Waals surface area contributed by atoms with E-state index in [1.807, 2.05) is 0 Å². The van der Waals surface area contributed by atoms with Gasteiger partial charge in [-0.3, -0.25) is 0 Å². The van der Waals surface area contributed by atoms with Crippen LogP contribution in [0.3, 0.4) is 0 Å². The lowest BCUT2D eigenvalue weighted by Gasteiger charge is -2.09. The quantitative estimate of drug-likeness (QED) is 0.597. The van der Waals surface area contributed by atoms with E-state index >= 15 is 0 Å². The molecule has 0 aliphatic heterocycles. The molecule has 0 heterocycles. The Morgan fingerprint density at radius 1 is 1.50 bits per heavy atom. The first kappa shape index (κ1) is 11.4. The van der Waals surface area contributed by atoms with E-state index in [9.17, 15) is 13.2 Å². The molecule has 0 aliphatic carbocycles. The zero-order valence-electron chi connectivity index (χ0n) is 7.11. The average molecular weight is 195 g/mol. The molecule has 0 fully saturated rings. The van der Waals surface area contributed by atoms with Crippen molar-refractivity contribution in [2.45, 2.75) is 19.2 Å². The number of carbonyl (C=O) groups is 1. The van der Waals surface area contributed by atoms with Gasteiger partial charge in [-0.05, 0) is 6.92 Å². The van der Waals surface area contributed by atoms with Crippen molar-refractivity contribution in [3.63, 3.8) is 0 Å². The normalized spacial score (nSPS) is 13.9. The summed E-state index contributed by atoms with van der Waals surface area (Å²) in [6.45, 7) is 3.14. The van der Waals surface area contributed by atoms with Gasteiger partial charge in [0.1, 0.15) is 0 Å². The Morgan fingerprint density at radius 2 is 2.00 bits per heavy atom. The molecule has 0 aromatic carbocycles. The van der Waals surface area contributed by atoms with Crippen LogP contribution in [0.2, 0.25) is 0 Å². The number of sulfone groups is 1. The van der Waals surface area contributed by atoms with E-state index in [0.29, 0.717) is 0 Å². The summed E-state index contributed by atoms with van der Waals surface area (Å²) in [4.78, 5) is 10.8. The standard InChI is InChI=1S/C6H13NO4S/c1-3-11-6(8)5(7)12(9,10)4-2/h5H,3-4,7H2,1-2H3. The molecule has 1 unspecified atom stereocenters. The minimum Gasteiger partial charge on any atom is -0.464 e. The summed E-state index contributed by atoms with van der Waals surface area (Å²) in [6, 6.07) is 0. The molecule has 0 saturated carbocycles. The highest BCUT2D eigenvalue weighted by molar-refractivity contribution is 7.92. The molecule has 72 valence electrons. The van der Waals surface area contributed by atoms with Crippen LogP contribution < -0.4 is 5.73 Å². The molecule has 2 N–H and O–H groups in total. The van der Waals surface area contributed by atoms with Crippen LogP contribution in [0.15, 0.2) is 0 Å². The Labute approximate surface area is 71.8 Å². The molecule has 0 aromatic heterocycles. The molecule has 0 bridgehead atoms. The molecule has 0 aromatic rings. The Hall–Kier alpha value is -0.620. The number of hydrogen-bond acceptors (Lipinski definition) is 5. The van der Waals surface area contributed by atoms with E-state index in [1.54, 1.807) is 6.92 Å². The Bertz CT molecular complexity index is 246. The second-order valence-electron chi connectivity index (χ2n) is 2.12. The summed E-state index contributed by atoms with van der Waals surface area (Å²) in [5.74, 6) is -1.05. The van der Waals surface area contributed by atoms with Gasteiger partial charge in [0.25, 0.3) is 0 Å². The Morgan fingerprint density at radius 3 is 2.33 bits per heavy atom. The van der Waals surface area contributed by atoms with Crippen molar-refractivity contribution in [3.8, 4) is 0 Å². The van der Waals surface area contributed by atoms with E-state index in [-0.39, 0.29) is 12.4 Å². The molecule has 0 rings (SSSR count). The molecular weight excluding hydrogens is 182 g/mol. The highest BCUT2D eigenvalue weighted by atomic mass is 32.2. The van der Waals surface area contributed by atoms with Crippen LogP contribution in [0.25, 0.3) is 0 Å². The van der Waals surface area contributed by atoms with Crippen molar-refractivity contribution in [1.29, 1.82) is 0 Å². The van der Waals surface area contributed by atoms with Crippen LogP contribution in [-0.4, -0.2) is 32.1 Å². The van der Waals surface area contributed by atoms with Crippen molar-refractivity contribution >= 4 is 15.8 Å². The number of rotatable bonds is 4. The van der Waals surface area contributed by atoms with Gasteiger partial charge in [-0.2, -0.15) is 0 Å². The Kier molecular flexibility index (Phi) is 4.19. The van der Waals surface area contributed by atoms with E-state index in [1.165, 1.54) is 6.92 Å². The monoisotopic (exact) mass is 195 g/mol. The molecule has 0 aliphatic rings. The fourth-order valence-electron chi connectivity index (χ4n) is 0.551. The van der Waals surface area contributed by atoms with Gasteiger partial charge in [0.05, 0.1) is 6.61 Å². The molecule has 0 spiro atoms. The molecular formula is C6H13NO4S. The van der Waals surface area contributed by atoms with Gasteiger partial charge in [-0.15, -0.1) is 0 Å². The predicted molar refractivity (Wildman–Crippen MR) is 44.1 cm³/mol. The third kappa shape index (κ3) is 2.78. The summed E-state index contributed by atoms with van der Waals surface area (Å²) < 4.78 is 26.4. The van der Waals surface area contributed by atoms with Gasteiger partial charge in [-0.1, -0.05) is 6.92 Å². The van der Waals surface area contributed by atoms with Crippen molar-refractivity contribution in [2.24, 2.45) is 5.73 Å². The first-order chi connectivity index (χ1) is 5.45. The Balaban J connectivity index is 4.39. The second-order valence-corrected chi connectivity index (χ2v) is 4.54. The van der Waals surface area contributed by atoms with Crippen LogP contribution in [-0.2, 0) is 19.4 Å². The van der Waals surface area contributed by atoms with Crippen molar-refractivity contribution in [3.05, 3.63) is 0 Å². The van der Waals surface area contributed by atoms with Crippen LogP contribution in [0, 0.1) is 0 Å². The van der Waals surface area contributed by atoms with Gasteiger partial charge in [0.2, 0.25) is 5.37 Å². The fourth-order valence-corrected chi connectivity index (χ4v) is 1.27. The largest absolute Gasteiger partial charge is 0.464 e. The molecule has 0 amide bonds. The lowest BCUT2D eigenvalue weighted by atomic mass is 10.7. The fraction of sp³-hybridized carbons (Fsp3) is 0.833. The summed E-state index contributed by atoms with van der Waals surface area (Å²) in [5.41, 5.74) is 5.13. The first-order valence-corrected chi connectivity index (χ1v) is 5.31. The maximum absolute atomic E-state index is 11.0. The zero-order chi connectivity index (χ0) is 9.78. The van der Waals surface area contributed by atoms with Gasteiger partial charge >= 0.3 is 5.97 Å². The van der Waals surface area contributed by atoms with Crippen molar-refractivity contribution in [1.82, 2.24) is 0 Å². The highest BCUT2D eigenvalue weighted by Gasteiger charge is 2.27. The van der Waals surface area contributed by atoms with Gasteiger partial charge in [0, 0.05) is 5.75 Å². The van der Waals surface area contributed by atoms with E-state index in [2.05, 4.69) is 4.74 Å². The minimum atomic E-state index is -3.52. The summed E-state index contributed by atoms with van der Waals surface area (Å²) >= 11 is 0. The van der Waals surface area contributed by atoms with Crippen LogP contribution >= 0.6 is 0 Å². The van der Waals surface area contributed by atoms with E-state index in [4.69, 9.17) is 5.73 Å². The third-order valence-corrected chi connectivity index (χ3v) is 3.08. The molecule has 12 heavy (non-hydrogen) atoms. The van der Waals surface area contributed by atoms with Crippen molar-refractivity contribution < 1.29 is 17.9 Å². The summed E-state index contributed by atoms with van der Waals surface area (Å²) in [7, 11) is -3.52. The maximum Gasteiger partial charge on any atom is 0.338 e. The smallest absolute Gasteiger partial charge is 0.338 e. The number of ether oxygens (including phenoxy) is 1. The third-order valence-electron chi connectivity index (χ3n) is 1.31.